The van der Waals surface area contributed by atoms with Gasteiger partial charge in [0.15, 0.2) is 0 Å². The summed E-state index contributed by atoms with van der Waals surface area (Å²) >= 11 is 2.01. The molecule has 0 saturated heterocycles. The highest BCUT2D eigenvalue weighted by Gasteiger charge is 2.40. The molecule has 0 fully saturated rings. The zero-order valence-electron chi connectivity index (χ0n) is 12.9. The molecule has 0 saturated carbocycles. The van der Waals surface area contributed by atoms with E-state index >= 15 is 0 Å². The Labute approximate surface area is 153 Å². The van der Waals surface area contributed by atoms with Gasteiger partial charge in [-0.05, 0) is 46.9 Å². The molecule has 1 rings (SSSR count). The minimum Gasteiger partial charge on any atom is -0.477 e. The number of hydrogen-bond acceptors (Lipinski definition) is 3. The van der Waals surface area contributed by atoms with E-state index in [-0.39, 0.29) is 12.4 Å². The Morgan fingerprint density at radius 3 is 2.38 bits per heavy atom. The number of carboxylic acid groups (broad SMARTS) is 1. The van der Waals surface area contributed by atoms with Crippen LogP contribution in [0.25, 0.3) is 0 Å². The molecule has 24 heavy (non-hydrogen) atoms. The van der Waals surface area contributed by atoms with Crippen molar-refractivity contribution in [2.75, 3.05) is 0 Å². The highest BCUT2D eigenvalue weighted by Crippen LogP contribution is 2.28. The molecule has 134 valence electrons. The number of aryl methyl sites for hydroxylation is 1. The van der Waals surface area contributed by atoms with Gasteiger partial charge < -0.3 is 5.11 Å². The molecule has 0 aliphatic heterocycles. The lowest BCUT2D eigenvalue weighted by Crippen LogP contribution is -2.25. The molecule has 1 unspecified atom stereocenters. The predicted molar refractivity (Wildman–Crippen MR) is 96.3 cm³/mol. The monoisotopic (exact) mass is 473 g/mol. The number of nitrogens with one attached hydrogen (secondary N) is 1. The molecule has 0 aliphatic carbocycles. The van der Waals surface area contributed by atoms with Crippen molar-refractivity contribution >= 4 is 40.4 Å². The second-order valence-corrected chi connectivity index (χ2v) is 6.87. The molecule has 5 nitrogen and oxygen atoms in total. The third-order valence-electron chi connectivity index (χ3n) is 3.41. The Hall–Kier alpha value is -0.860. The molecule has 0 bridgehead atoms. The first kappa shape index (κ1) is 21.2. The number of rotatable bonds is 11. The van der Waals surface area contributed by atoms with Crippen molar-refractivity contribution < 1.29 is 28.1 Å². The smallest absolute Gasteiger partial charge is 0.379 e. The number of aliphatic carboxylic acids is 1. The molecular weight excluding hydrogens is 454 g/mol. The van der Waals surface area contributed by atoms with E-state index in [1.165, 1.54) is 12.1 Å². The Balaban J connectivity index is 2.24. The number of hydroxylamine groups is 1. The number of carboxylic acids is 1. The third kappa shape index (κ3) is 7.36. The Kier molecular flexibility index (Phi) is 9.61. The maximum absolute atomic E-state index is 13.3. The molecule has 1 amide bonds. The summed E-state index contributed by atoms with van der Waals surface area (Å²) in [7, 11) is 0. The largest absolute Gasteiger partial charge is 0.477 e. The maximum atomic E-state index is 13.3. The van der Waals surface area contributed by atoms with Gasteiger partial charge >= 0.3 is 11.9 Å². The van der Waals surface area contributed by atoms with Crippen LogP contribution in [0.15, 0.2) is 24.3 Å². The molecule has 1 aromatic rings. The molecule has 0 aliphatic rings. The minimum atomic E-state index is -3.86. The second-order valence-electron chi connectivity index (χ2n) is 5.20. The summed E-state index contributed by atoms with van der Waals surface area (Å²) in [5.74, 6) is -6.14. The Morgan fingerprint density at radius 2 is 1.79 bits per heavy atom. The van der Waals surface area contributed by atoms with Crippen LogP contribution in [0.1, 0.15) is 43.2 Å². The van der Waals surface area contributed by atoms with Gasteiger partial charge in [0.1, 0.15) is 6.45 Å². The molecule has 0 aromatic heterocycles. The van der Waals surface area contributed by atoms with Gasteiger partial charge in [-0.2, -0.15) is 8.78 Å². The number of carbonyl (C=O) groups excluding carboxylic acids is 1. The molecule has 0 radical (unpaired) electrons. The summed E-state index contributed by atoms with van der Waals surface area (Å²) in [6, 6.07) is 5.37. The van der Waals surface area contributed by atoms with E-state index in [1.807, 2.05) is 22.0 Å². The van der Waals surface area contributed by atoms with Crippen LogP contribution in [0.2, 0.25) is 0 Å². The maximum Gasteiger partial charge on any atom is 0.379 e. The van der Waals surface area contributed by atoms with Crippen molar-refractivity contribution in [3.8, 4) is 0 Å². The first-order valence-corrected chi connectivity index (χ1v) is 11.4. The van der Waals surface area contributed by atoms with Gasteiger partial charge in [-0.3, -0.25) is 4.79 Å². The number of alkyl halides is 2. The summed E-state index contributed by atoms with van der Waals surface area (Å²) in [6.07, 6.45) is 4.61. The molecule has 0 heterocycles. The van der Waals surface area contributed by atoms with E-state index in [2.05, 4.69) is 5.48 Å². The van der Waals surface area contributed by atoms with Crippen molar-refractivity contribution in [1.82, 2.24) is 5.48 Å². The van der Waals surface area contributed by atoms with Crippen LogP contribution in [0, 0.1) is 0 Å². The molecule has 0 spiro atoms. The number of amides is 1. The van der Waals surface area contributed by atoms with Crippen LogP contribution in [-0.4, -0.2) is 17.0 Å². The van der Waals surface area contributed by atoms with E-state index in [1.54, 1.807) is 0 Å². The molecule has 2 N–H and O–H groups in total. The average Bonchev–Trinajstić information content (AvgIpc) is 2.56. The zero-order chi connectivity index (χ0) is 18.0. The van der Waals surface area contributed by atoms with Crippen LogP contribution in [0.5, 0.6) is 0 Å². The predicted octanol–water partition coefficient (Wildman–Crippen LogP) is 4.35. The van der Waals surface area contributed by atoms with Gasteiger partial charge in [-0.1, -0.05) is 37.1 Å². The first-order chi connectivity index (χ1) is 11.4. The number of halogens is 3. The fourth-order valence-electron chi connectivity index (χ4n) is 2.10. The molecule has 1 atom stereocenters. The lowest BCUT2D eigenvalue weighted by molar-refractivity contribution is -0.166. The lowest BCUT2D eigenvalue weighted by atomic mass is 10.0. The van der Waals surface area contributed by atoms with Gasteiger partial charge in [0, 0.05) is 12.0 Å². The SMILES string of the molecule is O=C(CCCCCCc1ccc(C(F)(F)C(=O)O)cc1)NOPI. The van der Waals surface area contributed by atoms with Gasteiger partial charge in [-0.15, -0.1) is 0 Å². The van der Waals surface area contributed by atoms with Crippen molar-refractivity contribution in [2.24, 2.45) is 0 Å². The van der Waals surface area contributed by atoms with Crippen LogP contribution >= 0.6 is 28.5 Å². The summed E-state index contributed by atoms with van der Waals surface area (Å²) in [6.45, 7) is 0.192. The van der Waals surface area contributed by atoms with E-state index < -0.39 is 17.5 Å². The number of carbonyl (C=O) groups is 2. The van der Waals surface area contributed by atoms with E-state index in [4.69, 9.17) is 9.73 Å². The van der Waals surface area contributed by atoms with Gasteiger partial charge in [0.25, 0.3) is 0 Å². The van der Waals surface area contributed by atoms with Crippen molar-refractivity contribution in [2.45, 2.75) is 44.4 Å². The van der Waals surface area contributed by atoms with Crippen LogP contribution in [-0.2, 0) is 26.6 Å². The topological polar surface area (TPSA) is 75.6 Å². The van der Waals surface area contributed by atoms with Crippen molar-refractivity contribution in [1.29, 1.82) is 0 Å². The third-order valence-corrected chi connectivity index (χ3v) is 4.25. The molecule has 9 heteroatoms. The minimum absolute atomic E-state index is 0.130. The summed E-state index contributed by atoms with van der Waals surface area (Å²) in [5.41, 5.74) is 2.71. The second kappa shape index (κ2) is 10.9. The summed E-state index contributed by atoms with van der Waals surface area (Å²) in [5, 5.41) is 8.49. The van der Waals surface area contributed by atoms with E-state index in [0.29, 0.717) is 6.42 Å². The standard InChI is InChI=1S/C15H19F2INO4P/c16-15(17,14(21)22)12-9-7-11(8-10-12)5-3-1-2-4-6-13(20)19-23-24-18/h7-10,24H,1-6H2,(H,19,20)(H,21,22). The van der Waals surface area contributed by atoms with Crippen molar-refractivity contribution in [3.05, 3.63) is 35.4 Å². The lowest BCUT2D eigenvalue weighted by Gasteiger charge is -2.11. The van der Waals surface area contributed by atoms with E-state index in [0.717, 1.165) is 49.8 Å². The first-order valence-electron chi connectivity index (χ1n) is 7.39. The van der Waals surface area contributed by atoms with Gasteiger partial charge in [0.05, 0.1) is 0 Å². The summed E-state index contributed by atoms with van der Waals surface area (Å²) in [4.78, 5) is 21.8. The highest BCUT2D eigenvalue weighted by atomic mass is 127. The fourth-order valence-corrected chi connectivity index (χ4v) is 2.58. The molecule has 1 aromatic carbocycles. The zero-order valence-corrected chi connectivity index (χ0v) is 16.0. The van der Waals surface area contributed by atoms with Crippen LogP contribution < -0.4 is 5.48 Å². The average molecular weight is 473 g/mol. The van der Waals surface area contributed by atoms with Crippen molar-refractivity contribution in [3.63, 3.8) is 0 Å². The summed E-state index contributed by atoms with van der Waals surface area (Å²) < 4.78 is 31.4. The van der Waals surface area contributed by atoms with Crippen LogP contribution in [0.4, 0.5) is 8.78 Å². The quantitative estimate of drug-likeness (QED) is 0.217. The normalized spacial score (nSPS) is 11.8. The fraction of sp³-hybridized carbons (Fsp3) is 0.467. The Bertz CT molecular complexity index is 543. The van der Waals surface area contributed by atoms with E-state index in [9.17, 15) is 18.4 Å². The van der Waals surface area contributed by atoms with Gasteiger partial charge in [0.2, 0.25) is 5.91 Å². The van der Waals surface area contributed by atoms with Crippen LogP contribution in [0.3, 0.4) is 0 Å². The molecular formula is C15H19F2INO4P. The highest BCUT2D eigenvalue weighted by molar-refractivity contribution is 14.2. The Morgan fingerprint density at radius 1 is 1.17 bits per heavy atom. The number of unbranched alkanes of at least 4 members (excludes halogenated alkanes) is 3. The number of hydrogen-bond donors (Lipinski definition) is 2. The number of benzene rings is 1. The van der Waals surface area contributed by atoms with Gasteiger partial charge in [-0.25, -0.2) is 14.9 Å².